The van der Waals surface area contributed by atoms with E-state index in [-0.39, 0.29) is 11.7 Å². The SMILES string of the molecule is CC(=COC1CCCCC1)C(=O)O. The first-order valence-corrected chi connectivity index (χ1v) is 4.75. The predicted molar refractivity (Wildman–Crippen MR) is 49.4 cm³/mol. The molecule has 0 aliphatic heterocycles. The van der Waals surface area contributed by atoms with E-state index in [1.807, 2.05) is 0 Å². The molecular formula is C10H16O3. The predicted octanol–water partition coefficient (Wildman–Crippen LogP) is 2.32. The van der Waals surface area contributed by atoms with Gasteiger partial charge in [-0.05, 0) is 32.6 Å². The summed E-state index contributed by atoms with van der Waals surface area (Å²) in [7, 11) is 0. The molecule has 0 heterocycles. The molecule has 1 N–H and O–H groups in total. The van der Waals surface area contributed by atoms with Crippen molar-refractivity contribution in [2.45, 2.75) is 45.1 Å². The van der Waals surface area contributed by atoms with Gasteiger partial charge in [-0.3, -0.25) is 0 Å². The van der Waals surface area contributed by atoms with Crippen molar-refractivity contribution in [2.75, 3.05) is 0 Å². The first-order chi connectivity index (χ1) is 6.20. The molecule has 1 saturated carbocycles. The topological polar surface area (TPSA) is 46.5 Å². The molecule has 0 unspecified atom stereocenters. The molecule has 13 heavy (non-hydrogen) atoms. The average Bonchev–Trinajstić information content (AvgIpc) is 2.15. The average molecular weight is 184 g/mol. The molecule has 0 aromatic rings. The van der Waals surface area contributed by atoms with Crippen LogP contribution in [0.5, 0.6) is 0 Å². The highest BCUT2D eigenvalue weighted by atomic mass is 16.5. The van der Waals surface area contributed by atoms with Crippen LogP contribution in [0.2, 0.25) is 0 Å². The highest BCUT2D eigenvalue weighted by Gasteiger charge is 2.13. The van der Waals surface area contributed by atoms with Crippen molar-refractivity contribution < 1.29 is 14.6 Å². The van der Waals surface area contributed by atoms with Crippen molar-refractivity contribution in [3.8, 4) is 0 Å². The van der Waals surface area contributed by atoms with Crippen LogP contribution in [0, 0.1) is 0 Å². The molecule has 1 aliphatic rings. The Labute approximate surface area is 78.4 Å². The Morgan fingerprint density at radius 3 is 2.54 bits per heavy atom. The molecule has 1 rings (SSSR count). The van der Waals surface area contributed by atoms with Gasteiger partial charge in [-0.25, -0.2) is 4.79 Å². The van der Waals surface area contributed by atoms with Gasteiger partial charge in [0.05, 0.1) is 17.9 Å². The second-order valence-corrected chi connectivity index (χ2v) is 3.50. The van der Waals surface area contributed by atoms with Crippen LogP contribution in [0.15, 0.2) is 11.8 Å². The van der Waals surface area contributed by atoms with E-state index in [0.29, 0.717) is 0 Å². The van der Waals surface area contributed by atoms with Crippen LogP contribution in [0.3, 0.4) is 0 Å². The van der Waals surface area contributed by atoms with Crippen molar-refractivity contribution in [1.82, 2.24) is 0 Å². The summed E-state index contributed by atoms with van der Waals surface area (Å²) in [4.78, 5) is 10.4. The van der Waals surface area contributed by atoms with Gasteiger partial charge in [-0.2, -0.15) is 0 Å². The van der Waals surface area contributed by atoms with Gasteiger partial charge < -0.3 is 9.84 Å². The third kappa shape index (κ3) is 3.49. The lowest BCUT2D eigenvalue weighted by Gasteiger charge is -2.20. The second kappa shape index (κ2) is 4.90. The maximum absolute atomic E-state index is 10.4. The summed E-state index contributed by atoms with van der Waals surface area (Å²) in [5.74, 6) is -0.907. The van der Waals surface area contributed by atoms with Crippen molar-refractivity contribution in [2.24, 2.45) is 0 Å². The molecule has 1 aliphatic carbocycles. The van der Waals surface area contributed by atoms with E-state index in [0.717, 1.165) is 12.8 Å². The fourth-order valence-electron chi connectivity index (χ4n) is 1.45. The van der Waals surface area contributed by atoms with E-state index in [4.69, 9.17) is 9.84 Å². The molecule has 0 aromatic carbocycles. The lowest BCUT2D eigenvalue weighted by Crippen LogP contribution is -2.14. The number of carbonyl (C=O) groups is 1. The van der Waals surface area contributed by atoms with E-state index in [1.54, 1.807) is 6.92 Å². The van der Waals surface area contributed by atoms with Crippen LogP contribution >= 0.6 is 0 Å². The lowest BCUT2D eigenvalue weighted by molar-refractivity contribution is -0.132. The summed E-state index contributed by atoms with van der Waals surface area (Å²) in [6.45, 7) is 1.55. The Balaban J connectivity index is 2.31. The molecule has 1 fully saturated rings. The maximum Gasteiger partial charge on any atom is 0.334 e. The Morgan fingerprint density at radius 2 is 2.00 bits per heavy atom. The van der Waals surface area contributed by atoms with Gasteiger partial charge in [0.1, 0.15) is 0 Å². The number of carboxylic acids is 1. The minimum atomic E-state index is -0.907. The Bertz CT molecular complexity index is 202. The van der Waals surface area contributed by atoms with Gasteiger partial charge in [0.25, 0.3) is 0 Å². The summed E-state index contributed by atoms with van der Waals surface area (Å²) in [6.07, 6.45) is 7.41. The quantitative estimate of drug-likeness (QED) is 0.541. The van der Waals surface area contributed by atoms with Crippen LogP contribution in [-0.2, 0) is 9.53 Å². The van der Waals surface area contributed by atoms with E-state index in [9.17, 15) is 4.79 Å². The van der Waals surface area contributed by atoms with Gasteiger partial charge in [-0.1, -0.05) is 6.42 Å². The molecule has 0 bridgehead atoms. The Morgan fingerprint density at radius 1 is 1.38 bits per heavy atom. The van der Waals surface area contributed by atoms with Crippen molar-refractivity contribution in [3.05, 3.63) is 11.8 Å². The molecule has 0 radical (unpaired) electrons. The molecule has 74 valence electrons. The summed E-state index contributed by atoms with van der Waals surface area (Å²) in [5, 5.41) is 8.56. The molecule has 0 atom stereocenters. The molecule has 0 saturated heterocycles. The summed E-state index contributed by atoms with van der Waals surface area (Å²) < 4.78 is 5.36. The first kappa shape index (κ1) is 10.1. The van der Waals surface area contributed by atoms with E-state index in [1.165, 1.54) is 25.5 Å². The normalized spacial score (nSPS) is 19.9. The summed E-state index contributed by atoms with van der Waals surface area (Å²) in [5.41, 5.74) is 0.269. The highest BCUT2D eigenvalue weighted by Crippen LogP contribution is 2.20. The number of hydrogen-bond acceptors (Lipinski definition) is 2. The Kier molecular flexibility index (Phi) is 3.80. The molecule has 0 spiro atoms. The van der Waals surface area contributed by atoms with E-state index >= 15 is 0 Å². The zero-order valence-electron chi connectivity index (χ0n) is 7.95. The minimum Gasteiger partial charge on any atom is -0.497 e. The maximum atomic E-state index is 10.4. The smallest absolute Gasteiger partial charge is 0.334 e. The van der Waals surface area contributed by atoms with Gasteiger partial charge >= 0.3 is 5.97 Å². The van der Waals surface area contributed by atoms with Crippen molar-refractivity contribution in [1.29, 1.82) is 0 Å². The monoisotopic (exact) mass is 184 g/mol. The van der Waals surface area contributed by atoms with Crippen LogP contribution < -0.4 is 0 Å². The Hall–Kier alpha value is -0.990. The van der Waals surface area contributed by atoms with E-state index in [2.05, 4.69) is 0 Å². The molecule has 0 amide bonds. The van der Waals surface area contributed by atoms with Gasteiger partial charge in [0.2, 0.25) is 0 Å². The molecule has 0 aromatic heterocycles. The van der Waals surface area contributed by atoms with Crippen LogP contribution in [0.1, 0.15) is 39.0 Å². The number of carboxylic acid groups (broad SMARTS) is 1. The highest BCUT2D eigenvalue weighted by molar-refractivity contribution is 5.85. The van der Waals surface area contributed by atoms with Crippen LogP contribution in [0.25, 0.3) is 0 Å². The van der Waals surface area contributed by atoms with E-state index < -0.39 is 5.97 Å². The lowest BCUT2D eigenvalue weighted by atomic mass is 9.98. The first-order valence-electron chi connectivity index (χ1n) is 4.75. The van der Waals surface area contributed by atoms with Gasteiger partial charge in [-0.15, -0.1) is 0 Å². The van der Waals surface area contributed by atoms with Crippen LogP contribution in [0.4, 0.5) is 0 Å². The number of ether oxygens (including phenoxy) is 1. The zero-order valence-corrected chi connectivity index (χ0v) is 7.95. The third-order valence-corrected chi connectivity index (χ3v) is 2.33. The zero-order chi connectivity index (χ0) is 9.68. The largest absolute Gasteiger partial charge is 0.497 e. The summed E-state index contributed by atoms with van der Waals surface area (Å²) in [6, 6.07) is 0. The van der Waals surface area contributed by atoms with Crippen molar-refractivity contribution >= 4 is 5.97 Å². The summed E-state index contributed by atoms with van der Waals surface area (Å²) >= 11 is 0. The second-order valence-electron chi connectivity index (χ2n) is 3.50. The molecule has 3 nitrogen and oxygen atoms in total. The fraction of sp³-hybridized carbons (Fsp3) is 0.700. The molecular weight excluding hydrogens is 168 g/mol. The van der Waals surface area contributed by atoms with Crippen LogP contribution in [-0.4, -0.2) is 17.2 Å². The third-order valence-electron chi connectivity index (χ3n) is 2.33. The number of hydrogen-bond donors (Lipinski definition) is 1. The number of aliphatic carboxylic acids is 1. The molecule has 3 heteroatoms. The number of rotatable bonds is 3. The van der Waals surface area contributed by atoms with Crippen molar-refractivity contribution in [3.63, 3.8) is 0 Å². The standard InChI is InChI=1S/C10H16O3/c1-8(10(11)12)7-13-9-5-3-2-4-6-9/h7,9H,2-6H2,1H3,(H,11,12). The van der Waals surface area contributed by atoms with Gasteiger partial charge in [0, 0.05) is 0 Å². The minimum absolute atomic E-state index is 0.239. The fourth-order valence-corrected chi connectivity index (χ4v) is 1.45. The van der Waals surface area contributed by atoms with Gasteiger partial charge in [0.15, 0.2) is 0 Å².